The molecule has 0 spiro atoms. The van der Waals surface area contributed by atoms with Gasteiger partial charge in [0.05, 0.1) is 79.3 Å². The third-order valence-electron chi connectivity index (χ3n) is 19.6. The zero-order valence-corrected chi connectivity index (χ0v) is 64.2. The van der Waals surface area contributed by atoms with Gasteiger partial charge in [0.25, 0.3) is 0 Å². The zero-order chi connectivity index (χ0) is 75.6. The largest absolute Gasteiger partial charge is 0.409 e. The summed E-state index contributed by atoms with van der Waals surface area (Å²) in [5.74, 6) is 0. The van der Waals surface area contributed by atoms with Crippen molar-refractivity contribution in [3.63, 3.8) is 0 Å². The van der Waals surface area contributed by atoms with Crippen LogP contribution in [0.3, 0.4) is 0 Å². The van der Waals surface area contributed by atoms with Crippen LogP contribution in [-0.2, 0) is 147 Å². The highest BCUT2D eigenvalue weighted by atomic mass is 28.4. The molecule has 0 aliphatic carbocycles. The molecule has 4 saturated heterocycles. The SMILES string of the molecule is CO[C@@H]1[C@H](OCc2ccccc2)[C@@H](O[C@H]2[C@H](OC)[C@H](OCc3ccccc3)[C@@H](O[C@H]3[C@H](OC)[C@H](OCc4ccccc4)[C@@H](O)O[C@@H]3COCc3ccccc3)O[C@@H]2COCc2ccccc2)O[C@H](COCc2ccccc2)[C@H]1O[C@H]1O[C@H](COCc2ccccc2)[C@@H](O[Si](C)(C)C)[C@H](OC)[C@@H]1OCc1ccccc1. The number of methoxy groups -OCH3 is 4. The molecule has 1 N–H and O–H groups in total. The first-order valence-electron chi connectivity index (χ1n) is 37.6. The van der Waals surface area contributed by atoms with E-state index in [0.29, 0.717) is 6.61 Å². The van der Waals surface area contributed by atoms with Gasteiger partial charge in [-0.15, -0.1) is 0 Å². The third-order valence-corrected chi connectivity index (χ3v) is 20.5. The van der Waals surface area contributed by atoms with Crippen LogP contribution in [0.4, 0.5) is 0 Å². The van der Waals surface area contributed by atoms with Gasteiger partial charge in [0.1, 0.15) is 97.7 Å². The normalized spacial score (nSPS) is 28.7. The van der Waals surface area contributed by atoms with Crippen molar-refractivity contribution in [1.29, 1.82) is 0 Å². The molecule has 4 fully saturated rings. The molecule has 109 heavy (non-hydrogen) atoms. The molecule has 4 aliphatic rings. The lowest BCUT2D eigenvalue weighted by atomic mass is 9.94. The van der Waals surface area contributed by atoms with Crippen molar-refractivity contribution in [2.75, 3.05) is 54.9 Å². The molecule has 4 aliphatic heterocycles. The Bertz CT molecular complexity index is 3790. The predicted molar refractivity (Wildman–Crippen MR) is 407 cm³/mol. The average molecular weight is 1520 g/mol. The standard InChI is InChI=1S/C87H106O21Si/c1-89-76-72(68(56-93-48-60-32-16-8-17-33-60)101-84(88)80(76)97-52-64-40-24-12-25-41-64)105-85-81(98-53-65-42-26-13-27-43-65)77(90-2)73(69(102-85)57-94-49-61-34-18-9-19-35-61)106-86-82(99-54-66-44-28-14-29-45-66)78(91-3)74(70(103-86)58-95-50-62-36-20-10-21-37-62)107-87-83(100-55-67-46-30-15-31-47-67)79(92-4)75(108-109(5,6)7)71(104-87)59-96-51-63-38-22-11-23-39-63/h8-47,68-88H,48-59H2,1-7H3/t68-,69-,70-,71-,72-,73-,74-,75-,76+,77+,78+,79+,80+,81+,82+,83+,84+,85-,86-,87-/m1/s1. The van der Waals surface area contributed by atoms with Crippen molar-refractivity contribution in [1.82, 2.24) is 0 Å². The van der Waals surface area contributed by atoms with Gasteiger partial charge in [-0.1, -0.05) is 243 Å². The maximum atomic E-state index is 12.0. The summed E-state index contributed by atoms with van der Waals surface area (Å²) >= 11 is 0. The van der Waals surface area contributed by atoms with Crippen LogP contribution in [0.1, 0.15) is 44.5 Å². The monoisotopic (exact) mass is 1510 g/mol. The number of hydrogen-bond donors (Lipinski definition) is 1. The maximum Gasteiger partial charge on any atom is 0.187 e. The summed E-state index contributed by atoms with van der Waals surface area (Å²) in [5, 5.41) is 12.0. The van der Waals surface area contributed by atoms with Gasteiger partial charge in [-0.3, -0.25) is 0 Å². The third kappa shape index (κ3) is 23.4. The highest BCUT2D eigenvalue weighted by Crippen LogP contribution is 2.41. The van der Waals surface area contributed by atoms with E-state index in [1.54, 1.807) is 28.4 Å². The lowest BCUT2D eigenvalue weighted by Gasteiger charge is -2.52. The van der Waals surface area contributed by atoms with Crippen LogP contribution >= 0.6 is 0 Å². The van der Waals surface area contributed by atoms with Crippen LogP contribution in [-0.4, -0.2) is 191 Å². The topological polar surface area (TPSA) is 205 Å². The molecule has 22 heteroatoms. The minimum absolute atomic E-state index is 0.0311. The van der Waals surface area contributed by atoms with Crippen LogP contribution in [0.2, 0.25) is 19.6 Å². The Hall–Kier alpha value is -6.86. The lowest BCUT2D eigenvalue weighted by molar-refractivity contribution is -0.398. The molecule has 20 atom stereocenters. The summed E-state index contributed by atoms with van der Waals surface area (Å²) < 4.78 is 140. The molecule has 0 saturated carbocycles. The Kier molecular flexibility index (Phi) is 31.6. The fourth-order valence-electron chi connectivity index (χ4n) is 14.2. The Morgan fingerprint density at radius 3 is 0.716 bits per heavy atom. The first-order valence-corrected chi connectivity index (χ1v) is 41.0. The summed E-state index contributed by atoms with van der Waals surface area (Å²) in [4.78, 5) is 0. The summed E-state index contributed by atoms with van der Waals surface area (Å²) in [6.45, 7) is 7.83. The van der Waals surface area contributed by atoms with Crippen molar-refractivity contribution >= 4 is 8.32 Å². The smallest absolute Gasteiger partial charge is 0.187 e. The van der Waals surface area contributed by atoms with Crippen molar-refractivity contribution in [2.24, 2.45) is 0 Å². The second-order valence-electron chi connectivity index (χ2n) is 28.5. The van der Waals surface area contributed by atoms with Gasteiger partial charge in [0.2, 0.25) is 0 Å². The molecular weight excluding hydrogens is 1410 g/mol. The number of aliphatic hydroxyl groups excluding tert-OH is 1. The van der Waals surface area contributed by atoms with Crippen LogP contribution < -0.4 is 0 Å². The minimum atomic E-state index is -2.35. The first kappa shape index (κ1) is 81.6. The highest BCUT2D eigenvalue weighted by Gasteiger charge is 2.59. The van der Waals surface area contributed by atoms with Crippen LogP contribution in [0.15, 0.2) is 243 Å². The summed E-state index contributed by atoms with van der Waals surface area (Å²) in [6.07, 6.45) is -20.7. The quantitative estimate of drug-likeness (QED) is 0.0355. The van der Waals surface area contributed by atoms with E-state index in [0.717, 1.165) is 44.5 Å². The number of hydrogen-bond acceptors (Lipinski definition) is 21. The lowest BCUT2D eigenvalue weighted by Crippen LogP contribution is -2.69. The number of ether oxygens (including phenoxy) is 19. The molecule has 21 nitrogen and oxygen atoms in total. The molecule has 8 aromatic carbocycles. The molecule has 0 amide bonds. The molecule has 8 aromatic rings. The van der Waals surface area contributed by atoms with E-state index in [2.05, 4.69) is 19.6 Å². The van der Waals surface area contributed by atoms with Crippen LogP contribution in [0, 0.1) is 0 Å². The van der Waals surface area contributed by atoms with Gasteiger partial charge >= 0.3 is 0 Å². The average Bonchev–Trinajstić information content (AvgIpc) is 0.764. The van der Waals surface area contributed by atoms with E-state index >= 15 is 0 Å². The molecule has 0 radical (unpaired) electrons. The molecule has 0 unspecified atom stereocenters. The van der Waals surface area contributed by atoms with E-state index in [1.807, 2.05) is 243 Å². The van der Waals surface area contributed by atoms with E-state index < -0.39 is 131 Å². The van der Waals surface area contributed by atoms with Gasteiger partial charge in [0.15, 0.2) is 33.5 Å². The Morgan fingerprint density at radius 2 is 0.468 bits per heavy atom. The number of aliphatic hydroxyl groups is 1. The fourth-order valence-corrected chi connectivity index (χ4v) is 15.3. The van der Waals surface area contributed by atoms with Gasteiger partial charge in [-0.25, -0.2) is 0 Å². The molecule has 584 valence electrons. The van der Waals surface area contributed by atoms with Crippen LogP contribution in [0.25, 0.3) is 0 Å². The number of benzene rings is 8. The van der Waals surface area contributed by atoms with Gasteiger partial charge in [-0.2, -0.15) is 0 Å². The Balaban J connectivity index is 0.925. The molecule has 12 rings (SSSR count). The van der Waals surface area contributed by atoms with E-state index in [9.17, 15) is 5.11 Å². The van der Waals surface area contributed by atoms with Gasteiger partial charge in [-0.05, 0) is 64.1 Å². The van der Waals surface area contributed by atoms with Crippen molar-refractivity contribution in [2.45, 2.75) is 195 Å². The van der Waals surface area contributed by atoms with Crippen molar-refractivity contribution in [3.8, 4) is 0 Å². The molecule has 0 bridgehead atoms. The highest BCUT2D eigenvalue weighted by molar-refractivity contribution is 6.69. The second kappa shape index (κ2) is 42.1. The summed E-state index contributed by atoms with van der Waals surface area (Å²) in [5.41, 5.74) is 7.31. The molecule has 0 aromatic heterocycles. The zero-order valence-electron chi connectivity index (χ0n) is 63.2. The summed E-state index contributed by atoms with van der Waals surface area (Å²) in [6, 6.07) is 78.7. The van der Waals surface area contributed by atoms with Gasteiger partial charge in [0, 0.05) is 28.4 Å². The van der Waals surface area contributed by atoms with Crippen molar-refractivity contribution < 1.29 is 99.5 Å². The molecule has 4 heterocycles. The van der Waals surface area contributed by atoms with Gasteiger partial charge < -0.3 is 99.5 Å². The molecular formula is C87H106O21Si. The van der Waals surface area contributed by atoms with Crippen LogP contribution in [0.5, 0.6) is 0 Å². The first-order chi connectivity index (χ1) is 53.4. The maximum absolute atomic E-state index is 12.0. The van der Waals surface area contributed by atoms with Crippen molar-refractivity contribution in [3.05, 3.63) is 287 Å². The number of rotatable bonds is 40. The Labute approximate surface area is 642 Å². The van der Waals surface area contributed by atoms with E-state index in [4.69, 9.17) is 94.4 Å². The van der Waals surface area contributed by atoms with E-state index in [1.165, 1.54) is 0 Å². The van der Waals surface area contributed by atoms with E-state index in [-0.39, 0.29) is 72.7 Å². The second-order valence-corrected chi connectivity index (χ2v) is 33.0. The Morgan fingerprint density at radius 1 is 0.257 bits per heavy atom. The predicted octanol–water partition coefficient (Wildman–Crippen LogP) is 12.5. The fraction of sp³-hybridized carbons (Fsp3) is 0.448. The minimum Gasteiger partial charge on any atom is -0.409 e. The summed E-state index contributed by atoms with van der Waals surface area (Å²) in [7, 11) is 4.06.